The molecular weight excluding hydrogens is 176 g/mol. The van der Waals surface area contributed by atoms with E-state index in [0.29, 0.717) is 6.04 Å². The summed E-state index contributed by atoms with van der Waals surface area (Å²) in [5.41, 5.74) is 1.79. The van der Waals surface area contributed by atoms with Crippen molar-refractivity contribution in [3.63, 3.8) is 0 Å². The number of hydrogen-bond donors (Lipinski definition) is 0. The maximum atomic E-state index is 11.9. The second kappa shape index (κ2) is 3.56. The van der Waals surface area contributed by atoms with Crippen LogP contribution in [0.2, 0.25) is 0 Å². The molecule has 1 aliphatic rings. The summed E-state index contributed by atoms with van der Waals surface area (Å²) in [7, 11) is 0. The molecule has 1 aromatic rings. The first-order valence-electron chi connectivity index (χ1n) is 5.24. The molecule has 0 saturated heterocycles. The molecule has 0 radical (unpaired) electrons. The third-order valence-corrected chi connectivity index (χ3v) is 3.19. The van der Waals surface area contributed by atoms with Gasteiger partial charge in [-0.1, -0.05) is 12.8 Å². The molecule has 2 rings (SSSR count). The molecule has 0 aliphatic heterocycles. The molecule has 14 heavy (non-hydrogen) atoms. The van der Waals surface area contributed by atoms with Crippen LogP contribution in [0, 0.1) is 13.8 Å². The highest BCUT2D eigenvalue weighted by Crippen LogP contribution is 2.27. The SMILES string of the molecule is Cc1ncn(C2CCCC2)c(=O)c1C. The highest BCUT2D eigenvalue weighted by atomic mass is 16.1. The molecule has 0 spiro atoms. The molecule has 1 saturated carbocycles. The van der Waals surface area contributed by atoms with Gasteiger partial charge in [0.05, 0.1) is 6.33 Å². The second-order valence-electron chi connectivity index (χ2n) is 4.11. The van der Waals surface area contributed by atoms with Gasteiger partial charge in [-0.2, -0.15) is 0 Å². The number of aromatic nitrogens is 2. The molecule has 76 valence electrons. The summed E-state index contributed by atoms with van der Waals surface area (Å²) < 4.78 is 1.81. The molecule has 0 unspecified atom stereocenters. The third kappa shape index (κ3) is 1.47. The molecule has 0 bridgehead atoms. The summed E-state index contributed by atoms with van der Waals surface area (Å²) in [4.78, 5) is 16.1. The molecule has 1 aromatic heterocycles. The van der Waals surface area contributed by atoms with Crippen molar-refractivity contribution in [3.8, 4) is 0 Å². The maximum Gasteiger partial charge on any atom is 0.256 e. The lowest BCUT2D eigenvalue weighted by molar-refractivity contribution is 0.491. The Morgan fingerprint density at radius 1 is 1.36 bits per heavy atom. The van der Waals surface area contributed by atoms with Crippen LogP contribution in [-0.4, -0.2) is 9.55 Å². The van der Waals surface area contributed by atoms with Crippen LogP contribution in [0.25, 0.3) is 0 Å². The largest absolute Gasteiger partial charge is 0.296 e. The van der Waals surface area contributed by atoms with Crippen LogP contribution in [0.5, 0.6) is 0 Å². The lowest BCUT2D eigenvalue weighted by Crippen LogP contribution is -2.26. The van der Waals surface area contributed by atoms with Gasteiger partial charge >= 0.3 is 0 Å². The smallest absolute Gasteiger partial charge is 0.256 e. The monoisotopic (exact) mass is 192 g/mol. The van der Waals surface area contributed by atoms with Gasteiger partial charge in [0.15, 0.2) is 0 Å². The van der Waals surface area contributed by atoms with Gasteiger partial charge in [-0.05, 0) is 26.7 Å². The van der Waals surface area contributed by atoms with Crippen molar-refractivity contribution in [2.75, 3.05) is 0 Å². The molecule has 1 heterocycles. The lowest BCUT2D eigenvalue weighted by atomic mass is 10.2. The number of aryl methyl sites for hydroxylation is 1. The summed E-state index contributed by atoms with van der Waals surface area (Å²) in [5.74, 6) is 0. The van der Waals surface area contributed by atoms with Crippen LogP contribution >= 0.6 is 0 Å². The number of rotatable bonds is 1. The Hall–Kier alpha value is -1.12. The quantitative estimate of drug-likeness (QED) is 0.682. The molecule has 0 atom stereocenters. The summed E-state index contributed by atoms with van der Waals surface area (Å²) in [6.07, 6.45) is 6.45. The van der Waals surface area contributed by atoms with Gasteiger partial charge in [-0.3, -0.25) is 9.36 Å². The van der Waals surface area contributed by atoms with Gasteiger partial charge in [0.1, 0.15) is 0 Å². The fraction of sp³-hybridized carbons (Fsp3) is 0.636. The average Bonchev–Trinajstić information content (AvgIpc) is 2.67. The summed E-state index contributed by atoms with van der Waals surface area (Å²) in [5, 5.41) is 0. The predicted octanol–water partition coefficient (Wildman–Crippen LogP) is 1.98. The Morgan fingerprint density at radius 3 is 2.64 bits per heavy atom. The van der Waals surface area contributed by atoms with Gasteiger partial charge in [-0.25, -0.2) is 4.98 Å². The Bertz CT molecular complexity index is 389. The molecule has 0 amide bonds. The maximum absolute atomic E-state index is 11.9. The van der Waals surface area contributed by atoms with E-state index in [4.69, 9.17) is 0 Å². The molecule has 1 aliphatic carbocycles. The van der Waals surface area contributed by atoms with Crippen LogP contribution in [0.4, 0.5) is 0 Å². The summed E-state index contributed by atoms with van der Waals surface area (Å²) in [6, 6.07) is 0.397. The third-order valence-electron chi connectivity index (χ3n) is 3.19. The highest BCUT2D eigenvalue weighted by molar-refractivity contribution is 5.13. The van der Waals surface area contributed by atoms with Crippen molar-refractivity contribution < 1.29 is 0 Å². The normalized spacial score (nSPS) is 17.6. The zero-order valence-electron chi connectivity index (χ0n) is 8.79. The van der Waals surface area contributed by atoms with E-state index in [1.807, 2.05) is 18.4 Å². The highest BCUT2D eigenvalue weighted by Gasteiger charge is 2.18. The van der Waals surface area contributed by atoms with Gasteiger partial charge in [0.2, 0.25) is 0 Å². The van der Waals surface area contributed by atoms with E-state index in [2.05, 4.69) is 4.98 Å². The minimum Gasteiger partial charge on any atom is -0.296 e. The van der Waals surface area contributed by atoms with E-state index >= 15 is 0 Å². The first-order valence-corrected chi connectivity index (χ1v) is 5.24. The van der Waals surface area contributed by atoms with Crippen molar-refractivity contribution in [1.82, 2.24) is 9.55 Å². The van der Waals surface area contributed by atoms with E-state index in [1.165, 1.54) is 12.8 Å². The topological polar surface area (TPSA) is 34.9 Å². The Kier molecular flexibility index (Phi) is 2.40. The van der Waals surface area contributed by atoms with Crippen LogP contribution in [0.1, 0.15) is 43.0 Å². The molecule has 3 heteroatoms. The van der Waals surface area contributed by atoms with Gasteiger partial charge in [-0.15, -0.1) is 0 Å². The molecule has 0 N–H and O–H groups in total. The average molecular weight is 192 g/mol. The zero-order chi connectivity index (χ0) is 10.1. The van der Waals surface area contributed by atoms with Crippen LogP contribution in [-0.2, 0) is 0 Å². The molecular formula is C11H16N2O. The van der Waals surface area contributed by atoms with Gasteiger partial charge in [0.25, 0.3) is 5.56 Å². The number of hydrogen-bond acceptors (Lipinski definition) is 2. The van der Waals surface area contributed by atoms with E-state index in [-0.39, 0.29) is 5.56 Å². The first-order chi connectivity index (χ1) is 6.70. The van der Waals surface area contributed by atoms with E-state index < -0.39 is 0 Å². The number of nitrogens with zero attached hydrogens (tertiary/aromatic N) is 2. The Morgan fingerprint density at radius 2 is 2.00 bits per heavy atom. The van der Waals surface area contributed by atoms with Crippen molar-refractivity contribution in [1.29, 1.82) is 0 Å². The standard InChI is InChI=1S/C11H16N2O/c1-8-9(2)12-7-13(11(8)14)10-5-3-4-6-10/h7,10H,3-6H2,1-2H3. The summed E-state index contributed by atoms with van der Waals surface area (Å²) in [6.45, 7) is 3.74. The fourth-order valence-electron chi connectivity index (χ4n) is 2.09. The minimum absolute atomic E-state index is 0.143. The summed E-state index contributed by atoms with van der Waals surface area (Å²) >= 11 is 0. The van der Waals surface area contributed by atoms with E-state index in [0.717, 1.165) is 24.1 Å². The lowest BCUT2D eigenvalue weighted by Gasteiger charge is -2.13. The van der Waals surface area contributed by atoms with Crippen molar-refractivity contribution in [3.05, 3.63) is 27.9 Å². The Labute approximate surface area is 83.8 Å². The fourth-order valence-corrected chi connectivity index (χ4v) is 2.09. The van der Waals surface area contributed by atoms with Crippen molar-refractivity contribution in [2.24, 2.45) is 0 Å². The van der Waals surface area contributed by atoms with Crippen molar-refractivity contribution in [2.45, 2.75) is 45.6 Å². The van der Waals surface area contributed by atoms with Crippen molar-refractivity contribution >= 4 is 0 Å². The second-order valence-corrected chi connectivity index (χ2v) is 4.11. The Balaban J connectivity index is 2.44. The minimum atomic E-state index is 0.143. The van der Waals surface area contributed by atoms with E-state index in [1.54, 1.807) is 6.33 Å². The van der Waals surface area contributed by atoms with E-state index in [9.17, 15) is 4.79 Å². The van der Waals surface area contributed by atoms with Gasteiger partial charge < -0.3 is 0 Å². The molecule has 1 fully saturated rings. The molecule has 0 aromatic carbocycles. The van der Waals surface area contributed by atoms with Crippen LogP contribution < -0.4 is 5.56 Å². The zero-order valence-corrected chi connectivity index (χ0v) is 8.79. The predicted molar refractivity (Wildman–Crippen MR) is 55.5 cm³/mol. The van der Waals surface area contributed by atoms with Crippen LogP contribution in [0.3, 0.4) is 0 Å². The van der Waals surface area contributed by atoms with Crippen LogP contribution in [0.15, 0.2) is 11.1 Å². The van der Waals surface area contributed by atoms with Gasteiger partial charge in [0, 0.05) is 17.3 Å². The molecule has 3 nitrogen and oxygen atoms in total. The first kappa shape index (κ1) is 9.44.